The zero-order valence-corrected chi connectivity index (χ0v) is 17.8. The summed E-state index contributed by atoms with van der Waals surface area (Å²) in [6, 6.07) is 5.93. The molecule has 1 atom stereocenters. The molecule has 1 fully saturated rings. The molecule has 0 radical (unpaired) electrons. The van der Waals surface area contributed by atoms with Crippen LogP contribution in [-0.2, 0) is 9.53 Å². The van der Waals surface area contributed by atoms with E-state index in [1.54, 1.807) is 0 Å². The quantitative estimate of drug-likeness (QED) is 0.453. The Kier molecular flexibility index (Phi) is 9.54. The number of ether oxygens (including phenoxy) is 1. The highest BCUT2D eigenvalue weighted by atomic mass is 35.5. The van der Waals surface area contributed by atoms with Crippen molar-refractivity contribution in [2.24, 2.45) is 4.99 Å². The predicted octanol–water partition coefficient (Wildman–Crippen LogP) is 2.25. The van der Waals surface area contributed by atoms with Gasteiger partial charge in [0.15, 0.2) is 5.96 Å². The van der Waals surface area contributed by atoms with Crippen molar-refractivity contribution in [2.45, 2.75) is 33.2 Å². The first-order valence-corrected chi connectivity index (χ1v) is 10.3. The van der Waals surface area contributed by atoms with Crippen LogP contribution in [0.5, 0.6) is 0 Å². The Morgan fingerprint density at radius 3 is 2.75 bits per heavy atom. The molecule has 0 aromatic heterocycles. The molecule has 28 heavy (non-hydrogen) atoms. The number of amides is 1. The van der Waals surface area contributed by atoms with Gasteiger partial charge in [-0.05, 0) is 38.5 Å². The first-order valence-electron chi connectivity index (χ1n) is 9.89. The molecule has 0 aliphatic carbocycles. The first kappa shape index (κ1) is 22.5. The highest BCUT2D eigenvalue weighted by Gasteiger charge is 2.16. The monoisotopic (exact) mass is 409 g/mol. The zero-order valence-electron chi connectivity index (χ0n) is 17.1. The molecule has 8 heteroatoms. The number of aryl methyl sites for hydroxylation is 1. The van der Waals surface area contributed by atoms with Gasteiger partial charge in [0.2, 0.25) is 5.91 Å². The Balaban J connectivity index is 1.77. The number of aliphatic imine (C=N–C) groups is 1. The van der Waals surface area contributed by atoms with Crippen LogP contribution in [-0.4, -0.2) is 68.7 Å². The van der Waals surface area contributed by atoms with Gasteiger partial charge in [-0.25, -0.2) is 0 Å². The van der Waals surface area contributed by atoms with E-state index in [2.05, 4.69) is 32.8 Å². The summed E-state index contributed by atoms with van der Waals surface area (Å²) in [5.74, 6) is 0.638. The van der Waals surface area contributed by atoms with Crippen LogP contribution in [0.2, 0.25) is 5.02 Å². The minimum atomic E-state index is -0.0872. The molecule has 7 nitrogen and oxygen atoms in total. The molecule has 1 saturated heterocycles. The van der Waals surface area contributed by atoms with Crippen molar-refractivity contribution in [3.05, 3.63) is 28.8 Å². The molecule has 156 valence electrons. The second-order valence-corrected chi connectivity index (χ2v) is 7.33. The highest BCUT2D eigenvalue weighted by Crippen LogP contribution is 2.22. The van der Waals surface area contributed by atoms with Crippen molar-refractivity contribution in [3.63, 3.8) is 0 Å². The molecule has 0 saturated carbocycles. The smallest absolute Gasteiger partial charge is 0.226 e. The third kappa shape index (κ3) is 7.66. The average molecular weight is 410 g/mol. The van der Waals surface area contributed by atoms with Gasteiger partial charge in [-0.2, -0.15) is 0 Å². The molecule has 1 unspecified atom stereocenters. The lowest BCUT2D eigenvalue weighted by Crippen LogP contribution is -2.44. The summed E-state index contributed by atoms with van der Waals surface area (Å²) in [7, 11) is 0. The average Bonchev–Trinajstić information content (AvgIpc) is 2.68. The molecule has 1 aliphatic rings. The van der Waals surface area contributed by atoms with Crippen LogP contribution in [0.1, 0.15) is 25.8 Å². The number of morpholine rings is 1. The van der Waals surface area contributed by atoms with E-state index in [-0.39, 0.29) is 5.91 Å². The topological polar surface area (TPSA) is 78.0 Å². The third-order valence-corrected chi connectivity index (χ3v) is 4.88. The summed E-state index contributed by atoms with van der Waals surface area (Å²) in [5.41, 5.74) is 1.69. The molecular formula is C20H32ClN5O2. The summed E-state index contributed by atoms with van der Waals surface area (Å²) < 4.78 is 5.40. The summed E-state index contributed by atoms with van der Waals surface area (Å²) in [6.45, 7) is 11.6. The Morgan fingerprint density at radius 1 is 1.32 bits per heavy atom. The normalized spacial score (nSPS) is 16.5. The maximum atomic E-state index is 12.2. The number of carbonyl (C=O) groups is 1. The molecule has 1 aromatic carbocycles. The maximum Gasteiger partial charge on any atom is 0.226 e. The van der Waals surface area contributed by atoms with E-state index >= 15 is 0 Å². The Labute approximate surface area is 172 Å². The number of halogens is 1. The molecule has 1 aliphatic heterocycles. The lowest BCUT2D eigenvalue weighted by Gasteiger charge is -2.31. The van der Waals surface area contributed by atoms with Gasteiger partial charge in [0, 0.05) is 38.6 Å². The van der Waals surface area contributed by atoms with Gasteiger partial charge in [0.05, 0.1) is 30.5 Å². The number of carbonyl (C=O) groups excluding carboxylic acids is 1. The molecule has 1 amide bonds. The number of hydrogen-bond donors (Lipinski definition) is 3. The molecule has 3 N–H and O–H groups in total. The van der Waals surface area contributed by atoms with Crippen LogP contribution >= 0.6 is 11.6 Å². The van der Waals surface area contributed by atoms with Crippen molar-refractivity contribution in [2.75, 3.05) is 51.3 Å². The standard InChI is InChI=1S/C20H32ClN5O2/c1-4-22-20(24-14-16(3)26-9-11-28-12-10-26)23-8-7-19(27)25-18-6-5-15(2)13-17(18)21/h5-6,13,16H,4,7-12,14H2,1-3H3,(H,25,27)(H2,22,23,24). The molecule has 0 spiro atoms. The second kappa shape index (κ2) is 11.9. The molecular weight excluding hydrogens is 378 g/mol. The number of nitrogens with one attached hydrogen (secondary N) is 3. The van der Waals surface area contributed by atoms with Crippen LogP contribution in [0.25, 0.3) is 0 Å². The van der Waals surface area contributed by atoms with Gasteiger partial charge in [0.25, 0.3) is 0 Å². The van der Waals surface area contributed by atoms with Gasteiger partial charge in [-0.15, -0.1) is 0 Å². The number of anilines is 1. The Hall–Kier alpha value is -1.83. The van der Waals surface area contributed by atoms with Gasteiger partial charge >= 0.3 is 0 Å². The highest BCUT2D eigenvalue weighted by molar-refractivity contribution is 6.33. The lowest BCUT2D eigenvalue weighted by atomic mass is 10.2. The maximum absolute atomic E-state index is 12.2. The summed E-state index contributed by atoms with van der Waals surface area (Å²) in [6.07, 6.45) is 0.327. The van der Waals surface area contributed by atoms with E-state index in [1.165, 1.54) is 0 Å². The number of nitrogens with zero attached hydrogens (tertiary/aromatic N) is 2. The van der Waals surface area contributed by atoms with Crippen molar-refractivity contribution in [1.82, 2.24) is 15.5 Å². The summed E-state index contributed by atoms with van der Waals surface area (Å²) >= 11 is 6.16. The Bertz CT molecular complexity index is 662. The fourth-order valence-corrected chi connectivity index (χ4v) is 3.21. The minimum absolute atomic E-state index is 0.0872. The van der Waals surface area contributed by atoms with Crippen molar-refractivity contribution in [3.8, 4) is 0 Å². The van der Waals surface area contributed by atoms with E-state index in [9.17, 15) is 4.79 Å². The van der Waals surface area contributed by atoms with E-state index in [4.69, 9.17) is 16.3 Å². The minimum Gasteiger partial charge on any atom is -0.379 e. The predicted molar refractivity (Wildman–Crippen MR) is 115 cm³/mol. The second-order valence-electron chi connectivity index (χ2n) is 6.93. The lowest BCUT2D eigenvalue weighted by molar-refractivity contribution is -0.116. The van der Waals surface area contributed by atoms with E-state index in [0.29, 0.717) is 36.3 Å². The largest absolute Gasteiger partial charge is 0.379 e. The number of guanidine groups is 1. The van der Waals surface area contributed by atoms with Gasteiger partial charge in [-0.3, -0.25) is 14.7 Å². The van der Waals surface area contributed by atoms with Crippen molar-refractivity contribution >= 4 is 29.2 Å². The third-order valence-electron chi connectivity index (χ3n) is 4.57. The van der Waals surface area contributed by atoms with Crippen LogP contribution in [0, 0.1) is 6.92 Å². The fourth-order valence-electron chi connectivity index (χ4n) is 2.93. The Morgan fingerprint density at radius 2 is 2.07 bits per heavy atom. The first-order chi connectivity index (χ1) is 13.5. The molecule has 1 aromatic rings. The van der Waals surface area contributed by atoms with Crippen LogP contribution in [0.3, 0.4) is 0 Å². The molecule has 0 bridgehead atoms. The number of benzene rings is 1. The van der Waals surface area contributed by atoms with Gasteiger partial charge in [0.1, 0.15) is 0 Å². The van der Waals surface area contributed by atoms with Gasteiger partial charge in [-0.1, -0.05) is 17.7 Å². The van der Waals surface area contributed by atoms with Crippen molar-refractivity contribution in [1.29, 1.82) is 0 Å². The number of rotatable bonds is 8. The van der Waals surface area contributed by atoms with Crippen LogP contribution in [0.4, 0.5) is 5.69 Å². The van der Waals surface area contributed by atoms with Crippen LogP contribution in [0.15, 0.2) is 23.2 Å². The summed E-state index contributed by atoms with van der Waals surface area (Å²) in [5, 5.41) is 9.84. The number of hydrogen-bond acceptors (Lipinski definition) is 4. The van der Waals surface area contributed by atoms with Crippen LogP contribution < -0.4 is 16.0 Å². The molecule has 1 heterocycles. The van der Waals surface area contributed by atoms with E-state index < -0.39 is 0 Å². The SMILES string of the molecule is CCNC(=NCC(C)N1CCOCC1)NCCC(=O)Nc1ccc(C)cc1Cl. The molecule has 2 rings (SSSR count). The fraction of sp³-hybridized carbons (Fsp3) is 0.600. The van der Waals surface area contributed by atoms with E-state index in [1.807, 2.05) is 32.0 Å². The van der Waals surface area contributed by atoms with E-state index in [0.717, 1.165) is 44.4 Å². The van der Waals surface area contributed by atoms with Gasteiger partial charge < -0.3 is 20.7 Å². The zero-order chi connectivity index (χ0) is 20.4. The summed E-state index contributed by atoms with van der Waals surface area (Å²) in [4.78, 5) is 19.2. The van der Waals surface area contributed by atoms with Crippen molar-refractivity contribution < 1.29 is 9.53 Å².